The lowest BCUT2D eigenvalue weighted by molar-refractivity contribution is -0.140. The number of hydrogen-bond acceptors (Lipinski definition) is 5. The highest BCUT2D eigenvalue weighted by molar-refractivity contribution is 5.88. The van der Waals surface area contributed by atoms with Crippen molar-refractivity contribution in [2.45, 2.75) is 50.8 Å². The quantitative estimate of drug-likeness (QED) is 0.676. The molecule has 2 atom stereocenters. The van der Waals surface area contributed by atoms with Crippen molar-refractivity contribution in [2.75, 3.05) is 26.2 Å². The van der Waals surface area contributed by atoms with E-state index in [2.05, 4.69) is 15.6 Å². The molecule has 8 heteroatoms. The topological polar surface area (TPSA) is 99.5 Å². The van der Waals surface area contributed by atoms with Crippen LogP contribution in [-0.2, 0) is 16.1 Å². The van der Waals surface area contributed by atoms with Gasteiger partial charge in [-0.25, -0.2) is 0 Å². The molecule has 0 unspecified atom stereocenters. The molecule has 4 rings (SSSR count). The van der Waals surface area contributed by atoms with Crippen LogP contribution in [0.15, 0.2) is 30.6 Å². The highest BCUT2D eigenvalue weighted by Crippen LogP contribution is 2.26. The highest BCUT2D eigenvalue weighted by Gasteiger charge is 2.36. The Balaban J connectivity index is 1.30. The molecule has 2 aromatic heterocycles. The van der Waals surface area contributed by atoms with E-state index in [9.17, 15) is 14.7 Å². The van der Waals surface area contributed by atoms with E-state index in [0.29, 0.717) is 39.0 Å². The first-order chi connectivity index (χ1) is 14.5. The number of amides is 2. The summed E-state index contributed by atoms with van der Waals surface area (Å²) in [5, 5.41) is 17.2. The largest absolute Gasteiger partial charge is 0.388 e. The number of pyridine rings is 1. The van der Waals surface area contributed by atoms with Crippen LogP contribution in [0.1, 0.15) is 32.6 Å². The van der Waals surface area contributed by atoms with Crippen LogP contribution < -0.4 is 10.6 Å². The average Bonchev–Trinajstić information content (AvgIpc) is 3.16. The maximum atomic E-state index is 12.8. The van der Waals surface area contributed by atoms with Gasteiger partial charge in [0.25, 0.3) is 0 Å². The number of fused-ring (bicyclic) bond motifs is 1. The zero-order valence-electron chi connectivity index (χ0n) is 17.5. The van der Waals surface area contributed by atoms with Crippen LogP contribution in [0.2, 0.25) is 0 Å². The molecule has 0 radical (unpaired) electrons. The number of aliphatic hydroxyl groups is 1. The number of carbonyl (C=O) groups is 2. The predicted molar refractivity (Wildman–Crippen MR) is 114 cm³/mol. The molecule has 2 aromatic rings. The Morgan fingerprint density at radius 1 is 1.37 bits per heavy atom. The molecule has 3 N–H and O–H groups in total. The molecular formula is C22H31N5O3. The molecule has 0 bridgehead atoms. The van der Waals surface area contributed by atoms with Crippen LogP contribution >= 0.6 is 0 Å². The number of aromatic nitrogens is 2. The van der Waals surface area contributed by atoms with Crippen molar-refractivity contribution in [2.24, 2.45) is 5.92 Å². The van der Waals surface area contributed by atoms with Crippen LogP contribution in [0.4, 0.5) is 0 Å². The lowest BCUT2D eigenvalue weighted by atomic mass is 9.91. The molecule has 2 saturated heterocycles. The molecule has 2 aliphatic rings. The number of hydrogen-bond donors (Lipinski definition) is 3. The molecule has 8 nitrogen and oxygen atoms in total. The lowest BCUT2D eigenvalue weighted by Crippen LogP contribution is -2.54. The van der Waals surface area contributed by atoms with Gasteiger partial charge in [-0.2, -0.15) is 0 Å². The van der Waals surface area contributed by atoms with Gasteiger partial charge >= 0.3 is 0 Å². The Bertz CT molecular complexity index is 897. The summed E-state index contributed by atoms with van der Waals surface area (Å²) in [6, 6.07) is 5.29. The van der Waals surface area contributed by atoms with Crippen molar-refractivity contribution in [3.8, 4) is 0 Å². The van der Waals surface area contributed by atoms with Crippen LogP contribution in [0.5, 0.6) is 0 Å². The lowest BCUT2D eigenvalue weighted by Gasteiger charge is -2.39. The highest BCUT2D eigenvalue weighted by atomic mass is 16.3. The molecule has 2 amide bonds. The minimum atomic E-state index is -0.862. The second-order valence-corrected chi connectivity index (χ2v) is 8.67. The molecule has 4 heterocycles. The second kappa shape index (κ2) is 8.73. The molecule has 0 aliphatic carbocycles. The SMILES string of the molecule is C[C@H](NC(=O)[C@H]1CCCNC1)C(=O)N1CCC(O)(Cn2ccc3ncccc32)CC1. The van der Waals surface area contributed by atoms with Gasteiger partial charge in [-0.15, -0.1) is 0 Å². The summed E-state index contributed by atoms with van der Waals surface area (Å²) < 4.78 is 2.03. The zero-order chi connectivity index (χ0) is 21.1. The number of rotatable bonds is 5. The van der Waals surface area contributed by atoms with E-state index >= 15 is 0 Å². The molecule has 30 heavy (non-hydrogen) atoms. The van der Waals surface area contributed by atoms with Crippen molar-refractivity contribution < 1.29 is 14.7 Å². The molecular weight excluding hydrogens is 382 g/mol. The minimum Gasteiger partial charge on any atom is -0.388 e. The summed E-state index contributed by atoms with van der Waals surface area (Å²) in [6.07, 6.45) is 6.57. The fraction of sp³-hybridized carbons (Fsp3) is 0.591. The number of likely N-dealkylation sites (tertiary alicyclic amines) is 1. The summed E-state index contributed by atoms with van der Waals surface area (Å²) in [6.45, 7) is 4.81. The average molecular weight is 414 g/mol. The third-order valence-electron chi connectivity index (χ3n) is 6.41. The van der Waals surface area contributed by atoms with E-state index in [1.165, 1.54) is 0 Å². The predicted octanol–water partition coefficient (Wildman–Crippen LogP) is 0.894. The molecule has 162 valence electrons. The van der Waals surface area contributed by atoms with Crippen LogP contribution in [0.3, 0.4) is 0 Å². The Morgan fingerprint density at radius 2 is 2.17 bits per heavy atom. The van der Waals surface area contributed by atoms with Crippen LogP contribution in [0, 0.1) is 5.92 Å². The third kappa shape index (κ3) is 4.49. The van der Waals surface area contributed by atoms with Gasteiger partial charge < -0.3 is 25.2 Å². The molecule has 2 aliphatic heterocycles. The van der Waals surface area contributed by atoms with E-state index in [0.717, 1.165) is 30.4 Å². The van der Waals surface area contributed by atoms with E-state index in [-0.39, 0.29) is 17.7 Å². The fourth-order valence-corrected chi connectivity index (χ4v) is 4.52. The van der Waals surface area contributed by atoms with Gasteiger partial charge in [0.2, 0.25) is 11.8 Å². The van der Waals surface area contributed by atoms with Gasteiger partial charge in [-0.05, 0) is 57.4 Å². The van der Waals surface area contributed by atoms with Crippen LogP contribution in [-0.4, -0.2) is 69.2 Å². The van der Waals surface area contributed by atoms with Crippen molar-refractivity contribution >= 4 is 22.8 Å². The Morgan fingerprint density at radius 3 is 2.90 bits per heavy atom. The Hall–Kier alpha value is -2.45. The summed E-state index contributed by atoms with van der Waals surface area (Å²) >= 11 is 0. The van der Waals surface area contributed by atoms with E-state index in [1.54, 1.807) is 18.0 Å². The molecule has 0 aromatic carbocycles. The summed E-state index contributed by atoms with van der Waals surface area (Å²) in [5.41, 5.74) is 1.04. The number of piperidine rings is 2. The number of nitrogens with zero attached hydrogens (tertiary/aromatic N) is 3. The summed E-state index contributed by atoms with van der Waals surface area (Å²) in [4.78, 5) is 31.3. The normalized spacial score (nSPS) is 22.6. The second-order valence-electron chi connectivity index (χ2n) is 8.67. The Kier molecular flexibility index (Phi) is 6.06. The molecule has 0 saturated carbocycles. The van der Waals surface area contributed by atoms with Crippen molar-refractivity contribution in [3.63, 3.8) is 0 Å². The van der Waals surface area contributed by atoms with Gasteiger partial charge in [0.05, 0.1) is 29.1 Å². The number of nitrogens with one attached hydrogen (secondary N) is 2. The number of carbonyl (C=O) groups excluding carboxylic acids is 2. The fourth-order valence-electron chi connectivity index (χ4n) is 4.52. The molecule has 2 fully saturated rings. The third-order valence-corrected chi connectivity index (χ3v) is 6.41. The standard InChI is InChI=1S/C22H31N5O3/c1-16(25-20(28)17-4-2-9-23-14-17)21(29)26-12-7-22(30,8-13-26)15-27-11-6-18-19(27)5-3-10-24-18/h3,5-6,10-11,16-17,23,30H,2,4,7-9,12-15H2,1H3,(H,25,28)/t16-,17-/m0/s1. The van der Waals surface area contributed by atoms with Crippen LogP contribution in [0.25, 0.3) is 11.0 Å². The van der Waals surface area contributed by atoms with E-state index in [4.69, 9.17) is 0 Å². The van der Waals surface area contributed by atoms with E-state index < -0.39 is 11.6 Å². The Labute approximate surface area is 176 Å². The van der Waals surface area contributed by atoms with Gasteiger partial charge in [0.15, 0.2) is 0 Å². The first-order valence-electron chi connectivity index (χ1n) is 10.9. The smallest absolute Gasteiger partial charge is 0.244 e. The first kappa shape index (κ1) is 20.8. The van der Waals surface area contributed by atoms with Gasteiger partial charge in [0, 0.05) is 32.0 Å². The van der Waals surface area contributed by atoms with E-state index in [1.807, 2.05) is 29.0 Å². The van der Waals surface area contributed by atoms with Gasteiger partial charge in [0.1, 0.15) is 6.04 Å². The maximum Gasteiger partial charge on any atom is 0.244 e. The summed E-state index contributed by atoms with van der Waals surface area (Å²) in [5.74, 6) is -0.194. The molecule has 0 spiro atoms. The zero-order valence-corrected chi connectivity index (χ0v) is 17.5. The minimum absolute atomic E-state index is 0.0512. The van der Waals surface area contributed by atoms with Gasteiger partial charge in [-0.3, -0.25) is 14.6 Å². The first-order valence-corrected chi connectivity index (χ1v) is 10.9. The van der Waals surface area contributed by atoms with Crippen molar-refractivity contribution in [1.29, 1.82) is 0 Å². The monoisotopic (exact) mass is 413 g/mol. The van der Waals surface area contributed by atoms with Gasteiger partial charge in [-0.1, -0.05) is 0 Å². The van der Waals surface area contributed by atoms with Crippen molar-refractivity contribution in [1.82, 2.24) is 25.1 Å². The van der Waals surface area contributed by atoms with Crippen molar-refractivity contribution in [3.05, 3.63) is 30.6 Å². The maximum absolute atomic E-state index is 12.8. The summed E-state index contributed by atoms with van der Waals surface area (Å²) in [7, 11) is 0.